The van der Waals surface area contributed by atoms with Crippen LogP contribution in [0.4, 0.5) is 0 Å². The van der Waals surface area contributed by atoms with E-state index in [0.717, 1.165) is 33.3 Å². The number of aromatic nitrogens is 2. The molecule has 0 aliphatic heterocycles. The zero-order valence-electron chi connectivity index (χ0n) is 21.8. The first-order valence-electron chi connectivity index (χ1n) is 12.3. The number of nitrogens with zero attached hydrogens (tertiary/aromatic N) is 2. The minimum absolute atomic E-state index is 0.0790. The fourth-order valence-electron chi connectivity index (χ4n) is 4.02. The number of hydrogen-bond donors (Lipinski definition) is 0. The van der Waals surface area contributed by atoms with Crippen molar-refractivity contribution in [1.82, 2.24) is 9.97 Å². The van der Waals surface area contributed by atoms with Crippen LogP contribution in [0.5, 0.6) is 0 Å². The minimum Gasteiger partial charge on any atom is -0.437 e. The second kappa shape index (κ2) is 8.94. The maximum atomic E-state index is 5.89. The summed E-state index contributed by atoms with van der Waals surface area (Å²) in [4.78, 5) is 9.27. The molecule has 2 aromatic heterocycles. The molecule has 4 nitrogen and oxygen atoms in total. The lowest BCUT2D eigenvalue weighted by Gasteiger charge is -2.18. The number of benzene rings is 3. The van der Waals surface area contributed by atoms with Gasteiger partial charge < -0.3 is 8.83 Å². The predicted molar refractivity (Wildman–Crippen MR) is 150 cm³/mol. The van der Waals surface area contributed by atoms with Crippen LogP contribution in [0.3, 0.4) is 0 Å². The molecule has 0 radical (unpaired) electrons. The third kappa shape index (κ3) is 5.18. The highest BCUT2D eigenvalue weighted by atomic mass is 16.4. The Balaban J connectivity index is 1.28. The molecule has 5 rings (SSSR count). The largest absolute Gasteiger partial charge is 0.437 e. The van der Waals surface area contributed by atoms with Crippen LogP contribution < -0.4 is 0 Å². The van der Waals surface area contributed by atoms with E-state index in [2.05, 4.69) is 100 Å². The molecule has 0 unspecified atom stereocenters. The van der Waals surface area contributed by atoms with E-state index in [-0.39, 0.29) is 10.8 Å². The molecule has 36 heavy (non-hydrogen) atoms. The molecule has 4 heteroatoms. The Morgan fingerprint density at radius 1 is 0.528 bits per heavy atom. The summed E-state index contributed by atoms with van der Waals surface area (Å²) < 4.78 is 11.8. The van der Waals surface area contributed by atoms with E-state index >= 15 is 0 Å². The maximum Gasteiger partial charge on any atom is 0.220 e. The second-order valence-corrected chi connectivity index (χ2v) is 11.3. The Morgan fingerprint density at radius 2 is 0.917 bits per heavy atom. The third-order valence-electron chi connectivity index (χ3n) is 6.31. The molecule has 0 aliphatic carbocycles. The average molecular weight is 477 g/mol. The Bertz CT molecular complexity index is 1460. The fraction of sp³-hybridized carbons (Fsp3) is 0.250. The summed E-state index contributed by atoms with van der Waals surface area (Å²) in [5.41, 5.74) is 8.17. The van der Waals surface area contributed by atoms with Crippen molar-refractivity contribution in [2.45, 2.75) is 52.4 Å². The number of oxazole rings is 2. The van der Waals surface area contributed by atoms with Crippen LogP contribution in [0, 0.1) is 0 Å². The van der Waals surface area contributed by atoms with Crippen LogP contribution >= 0.6 is 0 Å². The van der Waals surface area contributed by atoms with E-state index < -0.39 is 0 Å². The summed E-state index contributed by atoms with van der Waals surface area (Å²) in [5.74, 6) is 1.20. The molecule has 0 saturated heterocycles. The normalized spacial score (nSPS) is 13.1. The fourth-order valence-corrected chi connectivity index (χ4v) is 4.02. The summed E-state index contributed by atoms with van der Waals surface area (Å²) in [7, 11) is 0. The van der Waals surface area contributed by atoms with Crippen LogP contribution in [0.15, 0.2) is 69.5 Å². The Hall–Kier alpha value is -3.92. The first-order valence-corrected chi connectivity index (χ1v) is 12.3. The summed E-state index contributed by atoms with van der Waals surface area (Å²) in [6.45, 7) is 13.2. The van der Waals surface area contributed by atoms with Crippen molar-refractivity contribution in [2.75, 3.05) is 0 Å². The molecule has 182 valence electrons. The van der Waals surface area contributed by atoms with Gasteiger partial charge >= 0.3 is 0 Å². The van der Waals surface area contributed by atoms with Gasteiger partial charge in [-0.25, -0.2) is 9.97 Å². The van der Waals surface area contributed by atoms with Gasteiger partial charge in [0.1, 0.15) is 11.0 Å². The van der Waals surface area contributed by atoms with Crippen LogP contribution in [0.2, 0.25) is 0 Å². The molecule has 0 fully saturated rings. The SMILES string of the molecule is CC(C)(C)c1ccc2oc(/C=C\c3ccc(/C=C/c4nc5cc(C(C)(C)C)ccc5o4)cc3)nc2c1. The van der Waals surface area contributed by atoms with Crippen molar-refractivity contribution in [2.24, 2.45) is 0 Å². The van der Waals surface area contributed by atoms with E-state index in [1.165, 1.54) is 11.1 Å². The lowest BCUT2D eigenvalue weighted by Crippen LogP contribution is -2.10. The minimum atomic E-state index is 0.0790. The highest BCUT2D eigenvalue weighted by molar-refractivity contribution is 5.78. The standard InChI is InChI=1S/C32H32N2O2/c1-31(2,3)23-13-15-27-25(19-23)33-29(35-27)17-11-21-7-9-22(10-8-21)12-18-30-34-26-20-24(32(4,5)6)14-16-28(26)36-30/h7-20H,1-6H3/b17-11-,18-12+. The van der Waals surface area contributed by atoms with Gasteiger partial charge in [-0.1, -0.05) is 77.9 Å². The molecule has 5 aromatic rings. The second-order valence-electron chi connectivity index (χ2n) is 11.3. The van der Waals surface area contributed by atoms with Gasteiger partial charge in [-0.15, -0.1) is 0 Å². The van der Waals surface area contributed by atoms with E-state index in [4.69, 9.17) is 8.83 Å². The molecule has 2 heterocycles. The van der Waals surface area contributed by atoms with Crippen molar-refractivity contribution < 1.29 is 8.83 Å². The van der Waals surface area contributed by atoms with Crippen LogP contribution in [0.25, 0.3) is 46.5 Å². The van der Waals surface area contributed by atoms with Gasteiger partial charge in [0.25, 0.3) is 0 Å². The third-order valence-corrected chi connectivity index (χ3v) is 6.31. The molecule has 0 spiro atoms. The van der Waals surface area contributed by atoms with E-state index in [1.54, 1.807) is 0 Å². The zero-order valence-corrected chi connectivity index (χ0v) is 21.8. The maximum absolute atomic E-state index is 5.89. The number of rotatable bonds is 4. The van der Waals surface area contributed by atoms with Crippen molar-refractivity contribution in [3.63, 3.8) is 0 Å². The summed E-state index contributed by atoms with van der Waals surface area (Å²) in [5, 5.41) is 0. The first-order chi connectivity index (χ1) is 17.0. The monoisotopic (exact) mass is 476 g/mol. The van der Waals surface area contributed by atoms with Crippen LogP contribution in [0.1, 0.15) is 75.6 Å². The number of fused-ring (bicyclic) bond motifs is 2. The first kappa shape index (κ1) is 23.8. The van der Waals surface area contributed by atoms with E-state index in [1.807, 2.05) is 36.4 Å². The highest BCUT2D eigenvalue weighted by Gasteiger charge is 2.16. The predicted octanol–water partition coefficient (Wildman–Crippen LogP) is 8.90. The van der Waals surface area contributed by atoms with Gasteiger partial charge in [0.15, 0.2) is 11.2 Å². The van der Waals surface area contributed by atoms with Gasteiger partial charge in [-0.05, 0) is 69.5 Å². The quantitative estimate of drug-likeness (QED) is 0.260. The molecule has 0 N–H and O–H groups in total. The lowest BCUT2D eigenvalue weighted by atomic mass is 9.87. The zero-order chi connectivity index (χ0) is 25.5. The molecule has 0 aliphatic rings. The molecule has 0 saturated carbocycles. The Morgan fingerprint density at radius 3 is 1.28 bits per heavy atom. The molecular formula is C32H32N2O2. The molecule has 0 atom stereocenters. The van der Waals surface area contributed by atoms with Crippen molar-refractivity contribution >= 4 is 46.5 Å². The van der Waals surface area contributed by atoms with Gasteiger partial charge in [-0.3, -0.25) is 0 Å². The van der Waals surface area contributed by atoms with Crippen LogP contribution in [-0.4, -0.2) is 9.97 Å². The molecular weight excluding hydrogens is 444 g/mol. The van der Waals surface area contributed by atoms with Gasteiger partial charge in [0.2, 0.25) is 11.8 Å². The van der Waals surface area contributed by atoms with Gasteiger partial charge in [0, 0.05) is 12.2 Å². The van der Waals surface area contributed by atoms with Gasteiger partial charge in [-0.2, -0.15) is 0 Å². The topological polar surface area (TPSA) is 52.1 Å². The highest BCUT2D eigenvalue weighted by Crippen LogP contribution is 2.28. The van der Waals surface area contributed by atoms with Crippen molar-refractivity contribution in [1.29, 1.82) is 0 Å². The molecule has 0 amide bonds. The summed E-state index contributed by atoms with van der Waals surface area (Å²) >= 11 is 0. The van der Waals surface area contributed by atoms with Gasteiger partial charge in [0.05, 0.1) is 0 Å². The number of hydrogen-bond acceptors (Lipinski definition) is 4. The Labute approximate surface area is 212 Å². The summed E-state index contributed by atoms with van der Waals surface area (Å²) in [6, 6.07) is 20.7. The smallest absolute Gasteiger partial charge is 0.220 e. The van der Waals surface area contributed by atoms with E-state index in [9.17, 15) is 0 Å². The Kier molecular flexibility index (Phi) is 5.91. The lowest BCUT2D eigenvalue weighted by molar-refractivity contribution is 0.584. The summed E-state index contributed by atoms with van der Waals surface area (Å²) in [6.07, 6.45) is 7.84. The van der Waals surface area contributed by atoms with Crippen LogP contribution in [-0.2, 0) is 10.8 Å². The van der Waals surface area contributed by atoms with E-state index in [0.29, 0.717) is 11.8 Å². The molecule has 3 aromatic carbocycles. The van der Waals surface area contributed by atoms with Crippen molar-refractivity contribution in [3.05, 3.63) is 94.7 Å². The molecule has 0 bridgehead atoms. The van der Waals surface area contributed by atoms with Crippen molar-refractivity contribution in [3.8, 4) is 0 Å². The average Bonchev–Trinajstić information content (AvgIpc) is 3.43.